The Morgan fingerprint density at radius 1 is 1.15 bits per heavy atom. The minimum absolute atomic E-state index is 0.0491. The first-order chi connectivity index (χ1) is 12.9. The Bertz CT molecular complexity index is 984. The summed E-state index contributed by atoms with van der Waals surface area (Å²) in [6.07, 6.45) is 0.988. The van der Waals surface area contributed by atoms with Crippen LogP contribution in [-0.4, -0.2) is 16.8 Å². The second-order valence-electron chi connectivity index (χ2n) is 6.52. The third kappa shape index (κ3) is 5.28. The van der Waals surface area contributed by atoms with Gasteiger partial charge in [0.1, 0.15) is 0 Å². The van der Waals surface area contributed by atoms with E-state index in [1.165, 1.54) is 11.3 Å². The first-order valence-electron chi connectivity index (χ1n) is 8.66. The Balaban J connectivity index is 1.61. The van der Waals surface area contributed by atoms with Gasteiger partial charge in [-0.3, -0.25) is 9.59 Å². The van der Waals surface area contributed by atoms with E-state index in [-0.39, 0.29) is 17.7 Å². The van der Waals surface area contributed by atoms with E-state index < -0.39 is 0 Å². The average Bonchev–Trinajstić information content (AvgIpc) is 3.01. The smallest absolute Gasteiger partial charge is 0.228 e. The molecular formula is C20H20ClN3O2S. The van der Waals surface area contributed by atoms with Crippen LogP contribution in [0, 0.1) is 5.92 Å². The van der Waals surface area contributed by atoms with Crippen molar-refractivity contribution in [1.29, 1.82) is 0 Å². The van der Waals surface area contributed by atoms with E-state index in [9.17, 15) is 9.59 Å². The zero-order valence-corrected chi connectivity index (χ0v) is 16.7. The number of amides is 2. The molecule has 0 atom stereocenters. The minimum atomic E-state index is -0.0921. The number of hydrogen-bond acceptors (Lipinski definition) is 4. The van der Waals surface area contributed by atoms with E-state index in [0.717, 1.165) is 15.8 Å². The summed E-state index contributed by atoms with van der Waals surface area (Å²) < 4.78 is 0.988. The van der Waals surface area contributed by atoms with Gasteiger partial charge < -0.3 is 10.6 Å². The van der Waals surface area contributed by atoms with Crippen LogP contribution in [0.1, 0.15) is 25.8 Å². The van der Waals surface area contributed by atoms with Crippen molar-refractivity contribution < 1.29 is 9.59 Å². The van der Waals surface area contributed by atoms with Crippen LogP contribution in [0.15, 0.2) is 42.5 Å². The summed E-state index contributed by atoms with van der Waals surface area (Å²) in [7, 11) is 0. The van der Waals surface area contributed by atoms with Crippen LogP contribution >= 0.6 is 22.9 Å². The first-order valence-corrected chi connectivity index (χ1v) is 9.86. The molecule has 2 N–H and O–H groups in total. The molecule has 0 aliphatic rings. The minimum Gasteiger partial charge on any atom is -0.326 e. The highest BCUT2D eigenvalue weighted by molar-refractivity contribution is 7.22. The molecule has 3 aromatic rings. The van der Waals surface area contributed by atoms with Crippen LogP contribution in [0.5, 0.6) is 0 Å². The van der Waals surface area contributed by atoms with Gasteiger partial charge in [0.2, 0.25) is 11.8 Å². The maximum absolute atomic E-state index is 12.1. The van der Waals surface area contributed by atoms with Gasteiger partial charge >= 0.3 is 0 Å². The van der Waals surface area contributed by atoms with Crippen LogP contribution in [0.4, 0.5) is 10.8 Å². The summed E-state index contributed by atoms with van der Waals surface area (Å²) in [5.41, 5.74) is 2.58. The van der Waals surface area contributed by atoms with Gasteiger partial charge in [-0.2, -0.15) is 0 Å². The molecular weight excluding hydrogens is 382 g/mol. The molecule has 2 aromatic carbocycles. The number of halogens is 1. The molecule has 1 heterocycles. The van der Waals surface area contributed by atoms with Crippen molar-refractivity contribution in [3.63, 3.8) is 0 Å². The molecule has 0 radical (unpaired) electrons. The standard InChI is InChI=1S/C20H20ClN3O2S/c1-12(2)19(26)24-20-23-16-8-6-13(10-17(16)27-20)7-9-18(25)22-15-5-3-4-14(21)11-15/h3-6,8,10-12H,7,9H2,1-2H3,(H,22,25)(H,23,24,26). The van der Waals surface area contributed by atoms with Gasteiger partial charge in [0.25, 0.3) is 0 Å². The molecule has 7 heteroatoms. The number of aromatic nitrogens is 1. The van der Waals surface area contributed by atoms with Gasteiger partial charge in [-0.15, -0.1) is 0 Å². The van der Waals surface area contributed by atoms with Gasteiger partial charge in [0.15, 0.2) is 5.13 Å². The molecule has 0 unspecified atom stereocenters. The Morgan fingerprint density at radius 3 is 2.70 bits per heavy atom. The fraction of sp³-hybridized carbons (Fsp3) is 0.250. The van der Waals surface area contributed by atoms with Gasteiger partial charge in [-0.25, -0.2) is 4.98 Å². The molecule has 3 rings (SSSR count). The molecule has 1 aromatic heterocycles. The molecule has 0 saturated heterocycles. The lowest BCUT2D eigenvalue weighted by Gasteiger charge is -2.05. The third-order valence-electron chi connectivity index (χ3n) is 3.96. The van der Waals surface area contributed by atoms with Crippen molar-refractivity contribution in [2.45, 2.75) is 26.7 Å². The first kappa shape index (κ1) is 19.3. The largest absolute Gasteiger partial charge is 0.326 e. The summed E-state index contributed by atoms with van der Waals surface area (Å²) >= 11 is 7.36. The van der Waals surface area contributed by atoms with Crippen molar-refractivity contribution in [2.24, 2.45) is 5.92 Å². The summed E-state index contributed by atoms with van der Waals surface area (Å²) in [4.78, 5) is 28.4. The Labute approximate surface area is 166 Å². The predicted molar refractivity (Wildman–Crippen MR) is 111 cm³/mol. The summed E-state index contributed by atoms with van der Waals surface area (Å²) in [5, 5.41) is 6.86. The molecule has 27 heavy (non-hydrogen) atoms. The lowest BCUT2D eigenvalue weighted by molar-refractivity contribution is -0.119. The highest BCUT2D eigenvalue weighted by Crippen LogP contribution is 2.27. The number of carbonyl (C=O) groups excluding carboxylic acids is 2. The van der Waals surface area contributed by atoms with E-state index in [0.29, 0.717) is 28.7 Å². The highest BCUT2D eigenvalue weighted by atomic mass is 35.5. The lowest BCUT2D eigenvalue weighted by Crippen LogP contribution is -2.17. The van der Waals surface area contributed by atoms with Crippen molar-refractivity contribution in [2.75, 3.05) is 10.6 Å². The summed E-state index contributed by atoms with van der Waals surface area (Å²) in [5.74, 6) is -0.205. The number of fused-ring (bicyclic) bond motifs is 1. The second kappa shape index (κ2) is 8.50. The van der Waals surface area contributed by atoms with Crippen LogP contribution in [-0.2, 0) is 16.0 Å². The zero-order valence-electron chi connectivity index (χ0n) is 15.1. The van der Waals surface area contributed by atoms with E-state index in [4.69, 9.17) is 11.6 Å². The maximum atomic E-state index is 12.1. The molecule has 0 saturated carbocycles. The van der Waals surface area contributed by atoms with Crippen LogP contribution in [0.2, 0.25) is 5.02 Å². The number of anilines is 2. The van der Waals surface area contributed by atoms with Gasteiger partial charge in [-0.05, 0) is 42.3 Å². The Kier molecular flexibility index (Phi) is 6.08. The SMILES string of the molecule is CC(C)C(=O)Nc1nc2ccc(CCC(=O)Nc3cccc(Cl)c3)cc2s1. The van der Waals surface area contributed by atoms with E-state index in [1.54, 1.807) is 24.3 Å². The quantitative estimate of drug-likeness (QED) is 0.602. The van der Waals surface area contributed by atoms with Crippen LogP contribution in [0.25, 0.3) is 10.2 Å². The number of aryl methyl sites for hydroxylation is 1. The molecule has 0 aliphatic heterocycles. The van der Waals surface area contributed by atoms with E-state index in [1.807, 2.05) is 32.0 Å². The van der Waals surface area contributed by atoms with E-state index >= 15 is 0 Å². The van der Waals surface area contributed by atoms with Crippen molar-refractivity contribution >= 4 is 55.8 Å². The Hall–Kier alpha value is -2.44. The molecule has 5 nitrogen and oxygen atoms in total. The monoisotopic (exact) mass is 401 g/mol. The second-order valence-corrected chi connectivity index (χ2v) is 7.99. The predicted octanol–water partition coefficient (Wildman–Crippen LogP) is 5.12. The van der Waals surface area contributed by atoms with Gasteiger partial charge in [-0.1, -0.05) is 48.9 Å². The number of benzene rings is 2. The molecule has 0 aliphatic carbocycles. The number of thiazole rings is 1. The summed E-state index contributed by atoms with van der Waals surface area (Å²) in [6.45, 7) is 3.68. The number of nitrogens with zero attached hydrogens (tertiary/aromatic N) is 1. The highest BCUT2D eigenvalue weighted by Gasteiger charge is 2.11. The van der Waals surface area contributed by atoms with E-state index in [2.05, 4.69) is 15.6 Å². The number of nitrogens with one attached hydrogen (secondary N) is 2. The molecule has 140 valence electrons. The summed E-state index contributed by atoms with van der Waals surface area (Å²) in [6, 6.07) is 13.0. The maximum Gasteiger partial charge on any atom is 0.228 e. The van der Waals surface area contributed by atoms with Crippen molar-refractivity contribution in [3.05, 3.63) is 53.1 Å². The lowest BCUT2D eigenvalue weighted by atomic mass is 10.1. The topological polar surface area (TPSA) is 71.1 Å². The third-order valence-corrected chi connectivity index (χ3v) is 5.13. The normalized spacial score (nSPS) is 11.0. The van der Waals surface area contributed by atoms with Gasteiger partial charge in [0.05, 0.1) is 10.2 Å². The number of carbonyl (C=O) groups is 2. The molecule has 2 amide bonds. The molecule has 0 bridgehead atoms. The zero-order chi connectivity index (χ0) is 19.4. The van der Waals surface area contributed by atoms with Gasteiger partial charge in [0, 0.05) is 23.0 Å². The number of rotatable bonds is 6. The average molecular weight is 402 g/mol. The van der Waals surface area contributed by atoms with Crippen molar-refractivity contribution in [3.8, 4) is 0 Å². The van der Waals surface area contributed by atoms with Crippen LogP contribution in [0.3, 0.4) is 0 Å². The number of hydrogen-bond donors (Lipinski definition) is 2. The molecule has 0 spiro atoms. The van der Waals surface area contributed by atoms with Crippen molar-refractivity contribution in [1.82, 2.24) is 4.98 Å². The Morgan fingerprint density at radius 2 is 1.96 bits per heavy atom. The molecule has 0 fully saturated rings. The fourth-order valence-electron chi connectivity index (χ4n) is 2.48. The van der Waals surface area contributed by atoms with Crippen LogP contribution < -0.4 is 10.6 Å². The fourth-order valence-corrected chi connectivity index (χ4v) is 3.60.